The van der Waals surface area contributed by atoms with Gasteiger partial charge in [-0.25, -0.2) is 0 Å². The molecule has 1 aromatic carbocycles. The van der Waals surface area contributed by atoms with Gasteiger partial charge in [0.1, 0.15) is 0 Å². The van der Waals surface area contributed by atoms with Crippen LogP contribution in [-0.4, -0.2) is 54.0 Å². The number of carbonyl (C=O) groups is 2. The zero-order valence-electron chi connectivity index (χ0n) is 13.6. The third-order valence-corrected chi connectivity index (χ3v) is 4.09. The Kier molecular flexibility index (Phi) is 5.85. The summed E-state index contributed by atoms with van der Waals surface area (Å²) >= 11 is 0. The first kappa shape index (κ1) is 18.3. The number of alkyl halides is 3. The molecule has 132 valence electrons. The third-order valence-electron chi connectivity index (χ3n) is 4.09. The first-order valence-electron chi connectivity index (χ1n) is 7.97. The van der Waals surface area contributed by atoms with Crippen LogP contribution in [0.25, 0.3) is 0 Å². The lowest BCUT2D eigenvalue weighted by atomic mass is 10.1. The molecular formula is C17H21F3N2O2. The SMILES string of the molecule is Cc1cccc(CCC(=O)N2CCCN(C(=O)C(F)(F)F)CC2)c1. The van der Waals surface area contributed by atoms with Crippen LogP contribution < -0.4 is 0 Å². The Morgan fingerprint density at radius 1 is 1.08 bits per heavy atom. The average molecular weight is 342 g/mol. The summed E-state index contributed by atoms with van der Waals surface area (Å²) in [6.07, 6.45) is -3.58. The second-order valence-corrected chi connectivity index (χ2v) is 6.01. The maximum Gasteiger partial charge on any atom is 0.471 e. The van der Waals surface area contributed by atoms with Gasteiger partial charge in [-0.05, 0) is 25.3 Å². The van der Waals surface area contributed by atoms with Gasteiger partial charge in [0.15, 0.2) is 0 Å². The molecule has 1 fully saturated rings. The van der Waals surface area contributed by atoms with Gasteiger partial charge in [-0.3, -0.25) is 9.59 Å². The Bertz CT molecular complexity index is 602. The maximum absolute atomic E-state index is 12.5. The Labute approximate surface area is 139 Å². The molecule has 1 aliphatic rings. The van der Waals surface area contributed by atoms with Crippen molar-refractivity contribution in [1.29, 1.82) is 0 Å². The van der Waals surface area contributed by atoms with Crippen molar-refractivity contribution in [2.45, 2.75) is 32.4 Å². The number of nitrogens with zero attached hydrogens (tertiary/aromatic N) is 2. The number of amides is 2. The highest BCUT2D eigenvalue weighted by Crippen LogP contribution is 2.19. The number of hydrogen-bond donors (Lipinski definition) is 0. The second-order valence-electron chi connectivity index (χ2n) is 6.01. The molecule has 0 atom stereocenters. The molecule has 0 N–H and O–H groups in total. The number of benzene rings is 1. The van der Waals surface area contributed by atoms with Crippen molar-refractivity contribution in [3.05, 3.63) is 35.4 Å². The van der Waals surface area contributed by atoms with E-state index in [9.17, 15) is 22.8 Å². The molecule has 0 radical (unpaired) electrons. The Morgan fingerprint density at radius 3 is 2.42 bits per heavy atom. The fourth-order valence-corrected chi connectivity index (χ4v) is 2.83. The van der Waals surface area contributed by atoms with E-state index in [2.05, 4.69) is 0 Å². The highest BCUT2D eigenvalue weighted by Gasteiger charge is 2.42. The van der Waals surface area contributed by atoms with E-state index >= 15 is 0 Å². The lowest BCUT2D eigenvalue weighted by molar-refractivity contribution is -0.185. The van der Waals surface area contributed by atoms with Gasteiger partial charge in [0.2, 0.25) is 5.91 Å². The molecule has 0 aromatic heterocycles. The van der Waals surface area contributed by atoms with Crippen molar-refractivity contribution in [2.75, 3.05) is 26.2 Å². The van der Waals surface area contributed by atoms with Gasteiger partial charge in [-0.15, -0.1) is 0 Å². The average Bonchev–Trinajstić information content (AvgIpc) is 2.77. The van der Waals surface area contributed by atoms with Crippen molar-refractivity contribution in [2.24, 2.45) is 0 Å². The van der Waals surface area contributed by atoms with E-state index in [-0.39, 0.29) is 25.5 Å². The summed E-state index contributed by atoms with van der Waals surface area (Å²) in [6, 6.07) is 7.87. The molecule has 0 saturated carbocycles. The summed E-state index contributed by atoms with van der Waals surface area (Å²) in [5.74, 6) is -1.91. The number of halogens is 3. The van der Waals surface area contributed by atoms with E-state index in [1.165, 1.54) is 0 Å². The van der Waals surface area contributed by atoms with Crippen LogP contribution in [0.5, 0.6) is 0 Å². The van der Waals surface area contributed by atoms with Gasteiger partial charge in [0.25, 0.3) is 0 Å². The van der Waals surface area contributed by atoms with Crippen LogP contribution in [0.1, 0.15) is 24.0 Å². The molecule has 1 aromatic rings. The molecule has 0 unspecified atom stereocenters. The van der Waals surface area contributed by atoms with Gasteiger partial charge in [0.05, 0.1) is 0 Å². The van der Waals surface area contributed by atoms with E-state index in [0.29, 0.717) is 25.8 Å². The summed E-state index contributed by atoms with van der Waals surface area (Å²) < 4.78 is 37.5. The van der Waals surface area contributed by atoms with Crippen molar-refractivity contribution in [1.82, 2.24) is 9.80 Å². The minimum atomic E-state index is -4.86. The molecule has 0 bridgehead atoms. The van der Waals surface area contributed by atoms with Gasteiger partial charge >= 0.3 is 12.1 Å². The molecule has 7 heteroatoms. The first-order chi connectivity index (χ1) is 11.3. The fraction of sp³-hybridized carbons (Fsp3) is 0.529. The van der Waals surface area contributed by atoms with Gasteiger partial charge in [-0.2, -0.15) is 13.2 Å². The highest BCUT2D eigenvalue weighted by molar-refractivity contribution is 5.82. The summed E-state index contributed by atoms with van der Waals surface area (Å²) in [7, 11) is 0. The van der Waals surface area contributed by atoms with Crippen molar-refractivity contribution >= 4 is 11.8 Å². The van der Waals surface area contributed by atoms with E-state index in [4.69, 9.17) is 0 Å². The van der Waals surface area contributed by atoms with Crippen LogP contribution in [0.3, 0.4) is 0 Å². The second kappa shape index (κ2) is 7.68. The van der Waals surface area contributed by atoms with Crippen molar-refractivity contribution < 1.29 is 22.8 Å². The molecule has 2 amide bonds. The van der Waals surface area contributed by atoms with Crippen LogP contribution >= 0.6 is 0 Å². The van der Waals surface area contributed by atoms with Gasteiger partial charge in [-0.1, -0.05) is 29.8 Å². The van der Waals surface area contributed by atoms with E-state index in [1.54, 1.807) is 4.90 Å². The predicted molar refractivity (Wildman–Crippen MR) is 83.3 cm³/mol. The smallest absolute Gasteiger partial charge is 0.341 e. The molecule has 2 rings (SSSR count). The Morgan fingerprint density at radius 2 is 1.75 bits per heavy atom. The van der Waals surface area contributed by atoms with Crippen molar-refractivity contribution in [3.8, 4) is 0 Å². The third kappa shape index (κ3) is 4.97. The lowest BCUT2D eigenvalue weighted by Gasteiger charge is -2.23. The quantitative estimate of drug-likeness (QED) is 0.847. The topological polar surface area (TPSA) is 40.6 Å². The molecular weight excluding hydrogens is 321 g/mol. The lowest BCUT2D eigenvalue weighted by Crippen LogP contribution is -2.43. The maximum atomic E-state index is 12.5. The largest absolute Gasteiger partial charge is 0.471 e. The summed E-state index contributed by atoms with van der Waals surface area (Å²) in [4.78, 5) is 25.9. The molecule has 0 spiro atoms. The Hall–Kier alpha value is -2.05. The van der Waals surface area contributed by atoms with E-state index in [0.717, 1.165) is 16.0 Å². The van der Waals surface area contributed by atoms with Crippen molar-refractivity contribution in [3.63, 3.8) is 0 Å². The molecule has 1 aliphatic heterocycles. The summed E-state index contributed by atoms with van der Waals surface area (Å²) in [6.45, 7) is 2.46. The standard InChI is InChI=1S/C17H21F3N2O2/c1-13-4-2-5-14(12-13)6-7-15(23)21-8-3-9-22(11-10-21)16(24)17(18,19)20/h2,4-5,12H,3,6-11H2,1H3. The molecule has 1 saturated heterocycles. The first-order valence-corrected chi connectivity index (χ1v) is 7.97. The van der Waals surface area contributed by atoms with Gasteiger partial charge < -0.3 is 9.80 Å². The molecule has 24 heavy (non-hydrogen) atoms. The van der Waals surface area contributed by atoms with Crippen LogP contribution in [0.2, 0.25) is 0 Å². The van der Waals surface area contributed by atoms with Crippen LogP contribution in [0, 0.1) is 6.92 Å². The zero-order valence-corrected chi connectivity index (χ0v) is 13.6. The van der Waals surface area contributed by atoms with Crippen LogP contribution in [-0.2, 0) is 16.0 Å². The number of aryl methyl sites for hydroxylation is 2. The summed E-state index contributed by atoms with van der Waals surface area (Å²) in [5, 5.41) is 0. The predicted octanol–water partition coefficient (Wildman–Crippen LogP) is 2.55. The minimum absolute atomic E-state index is 0.0278. The Balaban J connectivity index is 1.86. The number of rotatable bonds is 3. The van der Waals surface area contributed by atoms with Crippen LogP contribution in [0.4, 0.5) is 13.2 Å². The van der Waals surface area contributed by atoms with E-state index < -0.39 is 12.1 Å². The minimum Gasteiger partial charge on any atom is -0.341 e. The molecule has 0 aliphatic carbocycles. The monoisotopic (exact) mass is 342 g/mol. The normalized spacial score (nSPS) is 16.0. The fourth-order valence-electron chi connectivity index (χ4n) is 2.83. The molecule has 4 nitrogen and oxygen atoms in total. The molecule has 1 heterocycles. The summed E-state index contributed by atoms with van der Waals surface area (Å²) in [5.41, 5.74) is 2.18. The number of hydrogen-bond acceptors (Lipinski definition) is 2. The van der Waals surface area contributed by atoms with Crippen LogP contribution in [0.15, 0.2) is 24.3 Å². The number of carbonyl (C=O) groups excluding carboxylic acids is 2. The highest BCUT2D eigenvalue weighted by atomic mass is 19.4. The van der Waals surface area contributed by atoms with E-state index in [1.807, 2.05) is 31.2 Å². The van der Waals surface area contributed by atoms with Gasteiger partial charge in [0, 0.05) is 32.6 Å². The zero-order chi connectivity index (χ0) is 17.7.